The number of sulfone groups is 1. The highest BCUT2D eigenvalue weighted by atomic mass is 32.2. The van der Waals surface area contributed by atoms with Crippen molar-refractivity contribution in [1.82, 2.24) is 10.3 Å². The van der Waals surface area contributed by atoms with Gasteiger partial charge in [0.1, 0.15) is 0 Å². The normalized spacial score (nSPS) is 12.5. The number of hydrogen-bond donors (Lipinski definition) is 4. The Kier molecular flexibility index (Phi) is 6.54. The largest absolute Gasteiger partial charge is 0.366 e. The molecule has 0 unspecified atom stereocenters. The summed E-state index contributed by atoms with van der Waals surface area (Å²) < 4.78 is 23.5. The van der Waals surface area contributed by atoms with E-state index in [1.54, 1.807) is 36.5 Å². The molecule has 0 spiro atoms. The first kappa shape index (κ1) is 23.9. The number of rotatable bonds is 5. The van der Waals surface area contributed by atoms with E-state index < -0.39 is 15.7 Å². The van der Waals surface area contributed by atoms with E-state index in [-0.39, 0.29) is 10.8 Å². The number of fused-ring (bicyclic) bond motifs is 1. The summed E-state index contributed by atoms with van der Waals surface area (Å²) in [6.45, 7) is 0.388. The minimum Gasteiger partial charge on any atom is -0.366 e. The lowest BCUT2D eigenvalue weighted by molar-refractivity contribution is -0.117. The Morgan fingerprint density at radius 2 is 1.63 bits per heavy atom. The molecule has 0 radical (unpaired) electrons. The van der Waals surface area contributed by atoms with Crippen molar-refractivity contribution >= 4 is 32.6 Å². The van der Waals surface area contributed by atoms with E-state index in [0.29, 0.717) is 17.6 Å². The zero-order valence-corrected chi connectivity index (χ0v) is 19.7. The second kappa shape index (κ2) is 9.57. The van der Waals surface area contributed by atoms with Gasteiger partial charge in [-0.15, -0.1) is 0 Å². The molecule has 9 heteroatoms. The van der Waals surface area contributed by atoms with Crippen molar-refractivity contribution in [2.45, 2.75) is 11.4 Å². The first-order valence-corrected chi connectivity index (χ1v) is 12.6. The van der Waals surface area contributed by atoms with Gasteiger partial charge in [0.05, 0.1) is 16.0 Å². The molecular weight excluding hydrogens is 464 g/mol. The van der Waals surface area contributed by atoms with E-state index in [1.165, 1.54) is 12.3 Å². The third-order valence-electron chi connectivity index (χ3n) is 5.64. The average molecular weight is 489 g/mol. The molecule has 1 aromatic heterocycles. The molecule has 0 fully saturated rings. The quantitative estimate of drug-likeness (QED) is 0.341. The number of nitrogens with one attached hydrogen (secondary N) is 2. The Hall–Kier alpha value is -4.21. The summed E-state index contributed by atoms with van der Waals surface area (Å²) in [6.07, 6.45) is 4.24. The lowest BCUT2D eigenvalue weighted by Gasteiger charge is -2.10. The lowest BCUT2D eigenvalue weighted by Crippen LogP contribution is -2.22. The third-order valence-corrected chi connectivity index (χ3v) is 6.77. The van der Waals surface area contributed by atoms with Gasteiger partial charge in [-0.1, -0.05) is 42.5 Å². The fourth-order valence-electron chi connectivity index (χ4n) is 3.81. The van der Waals surface area contributed by atoms with Crippen LogP contribution in [0.15, 0.2) is 83.9 Å². The SMILES string of the molecule is CS(=O)(=O)c1ccc(-c2cc3c(-c4ccccc4CN)ccc(C(N)=O)c3[nH]2)cc1.O=C1C=CN1. The number of nitrogens with two attached hydrogens (primary N) is 2. The molecule has 2 amide bonds. The number of carbonyl (C=O) groups is 2. The number of aromatic amines is 1. The molecule has 0 saturated heterocycles. The van der Waals surface area contributed by atoms with Gasteiger partial charge in [0, 0.05) is 36.2 Å². The summed E-state index contributed by atoms with van der Waals surface area (Å²) in [7, 11) is -3.28. The maximum Gasteiger partial charge on any atom is 0.250 e. The van der Waals surface area contributed by atoms with Crippen LogP contribution in [0.1, 0.15) is 15.9 Å². The molecule has 0 atom stereocenters. The van der Waals surface area contributed by atoms with Crippen LogP contribution in [-0.4, -0.2) is 31.5 Å². The molecule has 8 nitrogen and oxygen atoms in total. The van der Waals surface area contributed by atoms with Gasteiger partial charge < -0.3 is 21.8 Å². The minimum atomic E-state index is -3.28. The van der Waals surface area contributed by atoms with Crippen molar-refractivity contribution in [2.75, 3.05) is 6.26 Å². The van der Waals surface area contributed by atoms with Crippen molar-refractivity contribution in [3.8, 4) is 22.4 Å². The monoisotopic (exact) mass is 488 g/mol. The number of amides is 2. The Balaban J connectivity index is 0.000000514. The Labute approximate surface area is 202 Å². The smallest absolute Gasteiger partial charge is 0.250 e. The number of carbonyl (C=O) groups excluding carboxylic acids is 2. The fourth-order valence-corrected chi connectivity index (χ4v) is 4.44. The van der Waals surface area contributed by atoms with Gasteiger partial charge in [-0.2, -0.15) is 0 Å². The van der Waals surface area contributed by atoms with Crippen molar-refractivity contribution in [1.29, 1.82) is 0 Å². The Morgan fingerprint density at radius 1 is 0.971 bits per heavy atom. The Morgan fingerprint density at radius 3 is 2.17 bits per heavy atom. The maximum absolute atomic E-state index is 12.0. The first-order valence-electron chi connectivity index (χ1n) is 10.7. The zero-order chi connectivity index (χ0) is 25.2. The van der Waals surface area contributed by atoms with E-state index >= 15 is 0 Å². The lowest BCUT2D eigenvalue weighted by atomic mass is 9.95. The van der Waals surface area contributed by atoms with Gasteiger partial charge in [-0.05, 0) is 46.5 Å². The molecule has 1 aliphatic heterocycles. The molecule has 0 saturated carbocycles. The molecule has 5 rings (SSSR count). The summed E-state index contributed by atoms with van der Waals surface area (Å²) in [6, 6.07) is 20.0. The van der Waals surface area contributed by atoms with E-state index in [1.807, 2.05) is 36.4 Å². The molecule has 0 aliphatic carbocycles. The van der Waals surface area contributed by atoms with Gasteiger partial charge in [-0.25, -0.2) is 8.42 Å². The van der Waals surface area contributed by atoms with Crippen LogP contribution in [0.2, 0.25) is 0 Å². The van der Waals surface area contributed by atoms with Crippen LogP contribution in [0.4, 0.5) is 0 Å². The molecule has 178 valence electrons. The van der Waals surface area contributed by atoms with E-state index in [0.717, 1.165) is 33.3 Å². The summed E-state index contributed by atoms with van der Waals surface area (Å²) in [5, 5.41) is 3.23. The number of primary amides is 1. The predicted molar refractivity (Wildman–Crippen MR) is 136 cm³/mol. The summed E-state index contributed by atoms with van der Waals surface area (Å²) in [5.74, 6) is -0.524. The fraction of sp³-hybridized carbons (Fsp3) is 0.0769. The standard InChI is InChI=1S/C23H21N3O3S.C3H3NO/c1-30(28,29)16-8-6-14(7-9-16)21-12-20-18(17-5-3-2-4-15(17)13-24)10-11-19(23(25)27)22(20)26-21;5-3-1-2-4-3/h2-12,26H,13,24H2,1H3,(H2,25,27);1-2H,(H,4,5). The van der Waals surface area contributed by atoms with Crippen LogP contribution < -0.4 is 16.8 Å². The molecule has 4 aromatic rings. The van der Waals surface area contributed by atoms with Crippen LogP contribution in [0.25, 0.3) is 33.3 Å². The van der Waals surface area contributed by atoms with Crippen molar-refractivity contribution < 1.29 is 18.0 Å². The number of benzene rings is 3. The van der Waals surface area contributed by atoms with E-state index in [2.05, 4.69) is 10.3 Å². The summed E-state index contributed by atoms with van der Waals surface area (Å²) in [4.78, 5) is 25.2. The van der Waals surface area contributed by atoms with Gasteiger partial charge in [0.2, 0.25) is 5.91 Å². The minimum absolute atomic E-state index is 0.00463. The number of aromatic nitrogens is 1. The van der Waals surface area contributed by atoms with E-state index in [4.69, 9.17) is 11.5 Å². The van der Waals surface area contributed by atoms with Crippen LogP contribution in [0.5, 0.6) is 0 Å². The highest BCUT2D eigenvalue weighted by molar-refractivity contribution is 7.90. The molecule has 1 aliphatic rings. The highest BCUT2D eigenvalue weighted by Crippen LogP contribution is 2.35. The number of hydrogen-bond acceptors (Lipinski definition) is 5. The summed E-state index contributed by atoms with van der Waals surface area (Å²) in [5.41, 5.74) is 17.0. The molecular formula is C26H24N4O4S. The van der Waals surface area contributed by atoms with Crippen LogP contribution >= 0.6 is 0 Å². The van der Waals surface area contributed by atoms with Crippen molar-refractivity contribution in [3.05, 3.63) is 90.1 Å². The average Bonchev–Trinajstić information content (AvgIpc) is 3.27. The van der Waals surface area contributed by atoms with Gasteiger partial charge in [-0.3, -0.25) is 9.59 Å². The summed E-state index contributed by atoms with van der Waals surface area (Å²) >= 11 is 0. The highest BCUT2D eigenvalue weighted by Gasteiger charge is 2.17. The van der Waals surface area contributed by atoms with Gasteiger partial charge in [0.15, 0.2) is 9.84 Å². The predicted octanol–water partition coefficient (Wildman–Crippen LogP) is 3.09. The molecule has 35 heavy (non-hydrogen) atoms. The second-order valence-electron chi connectivity index (χ2n) is 8.00. The van der Waals surface area contributed by atoms with Crippen molar-refractivity contribution in [2.24, 2.45) is 11.5 Å². The molecule has 6 N–H and O–H groups in total. The first-order chi connectivity index (χ1) is 16.7. The Bertz CT molecular complexity index is 1570. The molecule has 2 heterocycles. The molecule has 3 aromatic carbocycles. The zero-order valence-electron chi connectivity index (χ0n) is 18.9. The number of H-pyrrole nitrogens is 1. The maximum atomic E-state index is 12.0. The molecule has 0 bridgehead atoms. The third kappa shape index (κ3) is 5.01. The van der Waals surface area contributed by atoms with Crippen LogP contribution in [0, 0.1) is 0 Å². The van der Waals surface area contributed by atoms with Gasteiger partial charge in [0.25, 0.3) is 5.91 Å². The van der Waals surface area contributed by atoms with E-state index in [9.17, 15) is 18.0 Å². The topological polar surface area (TPSA) is 148 Å². The van der Waals surface area contributed by atoms with Crippen LogP contribution in [-0.2, 0) is 21.2 Å². The van der Waals surface area contributed by atoms with Crippen molar-refractivity contribution in [3.63, 3.8) is 0 Å². The van der Waals surface area contributed by atoms with Crippen LogP contribution in [0.3, 0.4) is 0 Å². The second-order valence-corrected chi connectivity index (χ2v) is 10.0. The van der Waals surface area contributed by atoms with Gasteiger partial charge >= 0.3 is 0 Å².